The zero-order chi connectivity index (χ0) is 11.3. The second kappa shape index (κ2) is 5.20. The van der Waals surface area contributed by atoms with Gasteiger partial charge in [0.25, 0.3) is 0 Å². The van der Waals surface area contributed by atoms with E-state index in [2.05, 4.69) is 6.58 Å². The van der Waals surface area contributed by atoms with Crippen LogP contribution in [0.3, 0.4) is 0 Å². The van der Waals surface area contributed by atoms with Gasteiger partial charge in [0.15, 0.2) is 6.10 Å². The molecule has 1 aromatic carbocycles. The van der Waals surface area contributed by atoms with Crippen LogP contribution < -0.4 is 4.74 Å². The van der Waals surface area contributed by atoms with E-state index in [0.29, 0.717) is 12.2 Å². The first kappa shape index (κ1) is 11.3. The molecule has 0 spiro atoms. The number of carboxylic acid groups (broad SMARTS) is 1. The predicted molar refractivity (Wildman–Crippen MR) is 58.1 cm³/mol. The first-order valence-electron chi connectivity index (χ1n) is 4.73. The van der Waals surface area contributed by atoms with Crippen molar-refractivity contribution in [3.63, 3.8) is 0 Å². The summed E-state index contributed by atoms with van der Waals surface area (Å²) < 4.78 is 5.31. The average Bonchev–Trinajstić information content (AvgIpc) is 2.21. The maximum absolute atomic E-state index is 10.6. The van der Waals surface area contributed by atoms with Crippen LogP contribution >= 0.6 is 0 Å². The molecular weight excluding hydrogens is 192 g/mol. The van der Waals surface area contributed by atoms with Crippen LogP contribution in [0.1, 0.15) is 12.5 Å². The van der Waals surface area contributed by atoms with Gasteiger partial charge in [-0.15, -0.1) is 6.58 Å². The first-order valence-corrected chi connectivity index (χ1v) is 4.73. The van der Waals surface area contributed by atoms with Gasteiger partial charge in [0.2, 0.25) is 0 Å². The van der Waals surface area contributed by atoms with Crippen molar-refractivity contribution in [1.82, 2.24) is 0 Å². The van der Waals surface area contributed by atoms with Crippen LogP contribution in [0.5, 0.6) is 5.75 Å². The summed E-state index contributed by atoms with van der Waals surface area (Å²) in [4.78, 5) is 10.6. The third-order valence-corrected chi connectivity index (χ3v) is 1.99. The molecule has 0 radical (unpaired) electrons. The molecule has 0 saturated carbocycles. The second-order valence-corrected chi connectivity index (χ2v) is 3.20. The summed E-state index contributed by atoms with van der Waals surface area (Å²) >= 11 is 0. The standard InChI is InChI=1S/C12H14O3/c1-3-6-10-7-4-5-8-11(10)15-9(2)12(13)14/h3-5,7-9H,1,6H2,2H3,(H,13,14). The molecule has 1 rings (SSSR count). The Balaban J connectivity index is 2.83. The highest BCUT2D eigenvalue weighted by Gasteiger charge is 2.13. The van der Waals surface area contributed by atoms with E-state index in [1.165, 1.54) is 6.92 Å². The number of rotatable bonds is 5. The summed E-state index contributed by atoms with van der Waals surface area (Å²) in [6, 6.07) is 7.36. The minimum Gasteiger partial charge on any atom is -0.479 e. The molecule has 0 amide bonds. The van der Waals surface area contributed by atoms with Gasteiger partial charge in [-0.1, -0.05) is 24.3 Å². The maximum atomic E-state index is 10.6. The van der Waals surface area contributed by atoms with Crippen molar-refractivity contribution in [2.45, 2.75) is 19.4 Å². The lowest BCUT2D eigenvalue weighted by Gasteiger charge is -2.13. The van der Waals surface area contributed by atoms with E-state index in [-0.39, 0.29) is 0 Å². The highest BCUT2D eigenvalue weighted by molar-refractivity contribution is 5.72. The van der Waals surface area contributed by atoms with E-state index >= 15 is 0 Å². The SMILES string of the molecule is C=CCc1ccccc1OC(C)C(=O)O. The molecule has 1 unspecified atom stereocenters. The molecule has 15 heavy (non-hydrogen) atoms. The summed E-state index contributed by atoms with van der Waals surface area (Å²) in [5.74, 6) is -0.365. The van der Waals surface area contributed by atoms with Crippen molar-refractivity contribution < 1.29 is 14.6 Å². The molecule has 3 nitrogen and oxygen atoms in total. The van der Waals surface area contributed by atoms with E-state index < -0.39 is 12.1 Å². The number of ether oxygens (including phenoxy) is 1. The molecule has 1 aromatic rings. The number of carboxylic acids is 1. The Kier molecular flexibility index (Phi) is 3.92. The van der Waals surface area contributed by atoms with Crippen LogP contribution in [0.4, 0.5) is 0 Å². The van der Waals surface area contributed by atoms with Crippen LogP contribution in [0, 0.1) is 0 Å². The van der Waals surface area contributed by atoms with E-state index in [9.17, 15) is 4.79 Å². The average molecular weight is 206 g/mol. The smallest absolute Gasteiger partial charge is 0.344 e. The van der Waals surface area contributed by atoms with Gasteiger partial charge < -0.3 is 9.84 Å². The highest BCUT2D eigenvalue weighted by Crippen LogP contribution is 2.20. The van der Waals surface area contributed by atoms with E-state index in [1.807, 2.05) is 18.2 Å². The van der Waals surface area contributed by atoms with Gasteiger partial charge in [-0.2, -0.15) is 0 Å². The normalized spacial score (nSPS) is 11.8. The van der Waals surface area contributed by atoms with E-state index in [1.54, 1.807) is 12.1 Å². The minimum atomic E-state index is -0.969. The molecule has 80 valence electrons. The maximum Gasteiger partial charge on any atom is 0.344 e. The molecule has 0 heterocycles. The monoisotopic (exact) mass is 206 g/mol. The van der Waals surface area contributed by atoms with Gasteiger partial charge in [-0.3, -0.25) is 0 Å². The predicted octanol–water partition coefficient (Wildman–Crippen LogP) is 2.27. The van der Waals surface area contributed by atoms with E-state index in [0.717, 1.165) is 5.56 Å². The Bertz CT molecular complexity index is 358. The number of para-hydroxylation sites is 1. The molecule has 0 aliphatic carbocycles. The second-order valence-electron chi connectivity index (χ2n) is 3.20. The Morgan fingerprint density at radius 2 is 2.27 bits per heavy atom. The number of aliphatic carboxylic acids is 1. The number of carbonyl (C=O) groups is 1. The van der Waals surface area contributed by atoms with Crippen LogP contribution in [-0.2, 0) is 11.2 Å². The van der Waals surface area contributed by atoms with Gasteiger partial charge in [-0.25, -0.2) is 4.79 Å². The van der Waals surface area contributed by atoms with Crippen LogP contribution in [0.2, 0.25) is 0 Å². The molecule has 3 heteroatoms. The zero-order valence-corrected chi connectivity index (χ0v) is 8.64. The molecule has 1 atom stereocenters. The molecule has 0 bridgehead atoms. The van der Waals surface area contributed by atoms with Gasteiger partial charge in [0.05, 0.1) is 0 Å². The number of hydrogen-bond acceptors (Lipinski definition) is 2. The van der Waals surface area contributed by atoms with Gasteiger partial charge in [0.1, 0.15) is 5.75 Å². The fourth-order valence-electron chi connectivity index (χ4n) is 1.18. The van der Waals surface area contributed by atoms with Crippen molar-refractivity contribution >= 4 is 5.97 Å². The summed E-state index contributed by atoms with van der Waals surface area (Å²) in [5.41, 5.74) is 0.945. The summed E-state index contributed by atoms with van der Waals surface area (Å²) in [6.45, 7) is 5.15. The first-order chi connectivity index (χ1) is 7.15. The lowest BCUT2D eigenvalue weighted by Crippen LogP contribution is -2.23. The topological polar surface area (TPSA) is 46.5 Å². The molecule has 0 saturated heterocycles. The van der Waals surface area contributed by atoms with Crippen molar-refractivity contribution in [3.05, 3.63) is 42.5 Å². The van der Waals surface area contributed by atoms with E-state index in [4.69, 9.17) is 9.84 Å². The van der Waals surface area contributed by atoms with Crippen LogP contribution in [0.25, 0.3) is 0 Å². The summed E-state index contributed by atoms with van der Waals surface area (Å²) in [7, 11) is 0. The Labute approximate surface area is 89.0 Å². The molecule has 0 aromatic heterocycles. The van der Waals surface area contributed by atoms with Crippen molar-refractivity contribution in [2.75, 3.05) is 0 Å². The quantitative estimate of drug-likeness (QED) is 0.752. The minimum absolute atomic E-state index is 0.604. The van der Waals surface area contributed by atoms with Crippen LogP contribution in [-0.4, -0.2) is 17.2 Å². The number of hydrogen-bond donors (Lipinski definition) is 1. The summed E-state index contributed by atoms with van der Waals surface area (Å²) in [6.07, 6.45) is 1.59. The van der Waals surface area contributed by atoms with Crippen molar-refractivity contribution in [3.8, 4) is 5.75 Å². The zero-order valence-electron chi connectivity index (χ0n) is 8.64. The highest BCUT2D eigenvalue weighted by atomic mass is 16.5. The van der Waals surface area contributed by atoms with Crippen molar-refractivity contribution in [2.24, 2.45) is 0 Å². The molecular formula is C12H14O3. The number of benzene rings is 1. The summed E-state index contributed by atoms with van der Waals surface area (Å²) in [5, 5.41) is 8.72. The van der Waals surface area contributed by atoms with Crippen molar-refractivity contribution in [1.29, 1.82) is 0 Å². The fourth-order valence-corrected chi connectivity index (χ4v) is 1.18. The fraction of sp³-hybridized carbons (Fsp3) is 0.250. The Morgan fingerprint density at radius 1 is 1.60 bits per heavy atom. The largest absolute Gasteiger partial charge is 0.479 e. The van der Waals surface area contributed by atoms with Crippen LogP contribution in [0.15, 0.2) is 36.9 Å². The number of allylic oxidation sites excluding steroid dienone is 1. The molecule has 0 aliphatic rings. The van der Waals surface area contributed by atoms with Gasteiger partial charge >= 0.3 is 5.97 Å². The van der Waals surface area contributed by atoms with Gasteiger partial charge in [-0.05, 0) is 25.0 Å². The molecule has 0 aliphatic heterocycles. The van der Waals surface area contributed by atoms with Gasteiger partial charge in [0, 0.05) is 0 Å². The Morgan fingerprint density at radius 3 is 2.87 bits per heavy atom. The lowest BCUT2D eigenvalue weighted by atomic mass is 10.1. The lowest BCUT2D eigenvalue weighted by molar-refractivity contribution is -0.144. The molecule has 0 fully saturated rings. The third-order valence-electron chi connectivity index (χ3n) is 1.99. The Hall–Kier alpha value is -1.77. The molecule has 1 N–H and O–H groups in total. The third kappa shape index (κ3) is 3.13.